The molecule has 3 atom stereocenters. The number of hydrogen-bond donors (Lipinski definition) is 4. The molecule has 1 fully saturated rings. The standard InChI is InChI=1S/C53H58N4O5/c54-48-23-11-12-24-49(48)56-52(60)26-10-2-1-9-25-51(59)55-34-42-19-13-20-44(31-42)45-21-14-22-46(32-45)53-61-47(33-50(62-53)43-29-27-41(38-58)28-30-43)37-57(35-39-15-5-3-6-16-39)36-40-17-7-4-8-18-40/h3-8,11-24,27-32,47,50,53,58H,1-2,9-10,25-26,33-38,54H2,(H,55,59)(H,56,60)/t47-,50+,53+/m0/s1. The first-order valence-electron chi connectivity index (χ1n) is 21.8. The van der Waals surface area contributed by atoms with Crippen molar-refractivity contribution in [3.63, 3.8) is 0 Å². The Morgan fingerprint density at radius 3 is 1.90 bits per heavy atom. The molecule has 0 unspecified atom stereocenters. The molecule has 6 aromatic rings. The van der Waals surface area contributed by atoms with E-state index < -0.39 is 6.29 Å². The number of amides is 2. The molecule has 5 N–H and O–H groups in total. The number of aliphatic hydroxyl groups is 1. The van der Waals surface area contributed by atoms with Gasteiger partial charge in [-0.05, 0) is 76.1 Å². The lowest BCUT2D eigenvalue weighted by Gasteiger charge is -2.38. The zero-order valence-electron chi connectivity index (χ0n) is 35.3. The maximum atomic E-state index is 12.8. The second-order valence-electron chi connectivity index (χ2n) is 16.1. The number of para-hydroxylation sites is 2. The monoisotopic (exact) mass is 830 g/mol. The molecular weight excluding hydrogens is 773 g/mol. The quantitative estimate of drug-likeness (QED) is 0.0446. The summed E-state index contributed by atoms with van der Waals surface area (Å²) < 4.78 is 13.6. The minimum absolute atomic E-state index is 0.00852. The van der Waals surface area contributed by atoms with Gasteiger partial charge in [-0.1, -0.05) is 146 Å². The molecule has 0 aromatic heterocycles. The van der Waals surface area contributed by atoms with Crippen LogP contribution in [0, 0.1) is 0 Å². The Balaban J connectivity index is 0.964. The van der Waals surface area contributed by atoms with Crippen molar-refractivity contribution in [2.24, 2.45) is 0 Å². The number of ether oxygens (including phenoxy) is 2. The number of nitrogens with zero attached hydrogens (tertiary/aromatic N) is 1. The van der Waals surface area contributed by atoms with Crippen LogP contribution in [0.15, 0.2) is 158 Å². The van der Waals surface area contributed by atoms with Crippen LogP contribution in [0.2, 0.25) is 0 Å². The SMILES string of the molecule is Nc1ccccc1NC(=O)CCCCCCC(=O)NCc1cccc(-c2cccc([C@@H]3O[C@H](CN(Cc4ccccc4)Cc4ccccc4)C[C@H](c4ccc(CO)cc4)O3)c2)c1. The topological polar surface area (TPSA) is 126 Å². The summed E-state index contributed by atoms with van der Waals surface area (Å²) in [6.07, 6.45) is 3.92. The van der Waals surface area contributed by atoms with Crippen LogP contribution in [0.1, 0.15) is 90.7 Å². The molecule has 7 rings (SSSR count). The molecule has 0 aliphatic carbocycles. The van der Waals surface area contributed by atoms with Crippen LogP contribution >= 0.6 is 0 Å². The van der Waals surface area contributed by atoms with Gasteiger partial charge < -0.3 is 30.9 Å². The fraction of sp³-hybridized carbons (Fsp3) is 0.283. The summed E-state index contributed by atoms with van der Waals surface area (Å²) in [5.74, 6) is -0.0343. The molecule has 320 valence electrons. The predicted molar refractivity (Wildman–Crippen MR) is 246 cm³/mol. The molecule has 9 heteroatoms. The van der Waals surface area contributed by atoms with E-state index in [9.17, 15) is 14.7 Å². The number of carbonyl (C=O) groups is 2. The van der Waals surface area contributed by atoms with E-state index in [4.69, 9.17) is 15.2 Å². The number of nitrogen functional groups attached to an aromatic ring is 1. The Morgan fingerprint density at radius 1 is 0.613 bits per heavy atom. The van der Waals surface area contributed by atoms with Gasteiger partial charge in [-0.25, -0.2) is 0 Å². The third-order valence-electron chi connectivity index (χ3n) is 11.3. The summed E-state index contributed by atoms with van der Waals surface area (Å²) in [7, 11) is 0. The van der Waals surface area contributed by atoms with Gasteiger partial charge in [-0.15, -0.1) is 0 Å². The number of anilines is 2. The van der Waals surface area contributed by atoms with Crippen LogP contribution in [0.25, 0.3) is 11.1 Å². The van der Waals surface area contributed by atoms with E-state index in [1.165, 1.54) is 11.1 Å². The molecule has 1 aliphatic rings. The van der Waals surface area contributed by atoms with Crippen molar-refractivity contribution < 1.29 is 24.2 Å². The molecule has 0 saturated carbocycles. The van der Waals surface area contributed by atoms with Gasteiger partial charge in [0.2, 0.25) is 11.8 Å². The van der Waals surface area contributed by atoms with Gasteiger partial charge in [0.15, 0.2) is 6.29 Å². The molecule has 1 saturated heterocycles. The van der Waals surface area contributed by atoms with Gasteiger partial charge in [0.05, 0.1) is 30.2 Å². The molecule has 62 heavy (non-hydrogen) atoms. The summed E-state index contributed by atoms with van der Waals surface area (Å²) >= 11 is 0. The zero-order valence-corrected chi connectivity index (χ0v) is 35.3. The van der Waals surface area contributed by atoms with Crippen molar-refractivity contribution in [1.29, 1.82) is 0 Å². The van der Waals surface area contributed by atoms with Gasteiger partial charge in [0.1, 0.15) is 0 Å². The Kier molecular flexibility index (Phi) is 16.1. The van der Waals surface area contributed by atoms with E-state index in [1.807, 2.05) is 42.5 Å². The number of nitrogens with two attached hydrogens (primary N) is 1. The number of unbranched alkanes of at least 4 members (excludes halogenated alkanes) is 3. The van der Waals surface area contributed by atoms with Gasteiger partial charge >= 0.3 is 0 Å². The molecule has 0 spiro atoms. The molecule has 6 aromatic carbocycles. The Morgan fingerprint density at radius 2 is 1.23 bits per heavy atom. The number of aliphatic hydroxyl groups excluding tert-OH is 1. The molecule has 1 heterocycles. The first-order chi connectivity index (χ1) is 30.4. The molecule has 2 amide bonds. The third-order valence-corrected chi connectivity index (χ3v) is 11.3. The molecule has 1 aliphatic heterocycles. The second-order valence-corrected chi connectivity index (χ2v) is 16.1. The normalized spacial score (nSPS) is 16.2. The van der Waals surface area contributed by atoms with Gasteiger partial charge in [0, 0.05) is 51.0 Å². The van der Waals surface area contributed by atoms with Gasteiger partial charge in [-0.2, -0.15) is 0 Å². The second kappa shape index (κ2) is 22.7. The number of benzene rings is 6. The fourth-order valence-corrected chi connectivity index (χ4v) is 7.95. The van der Waals surface area contributed by atoms with Crippen molar-refractivity contribution in [2.75, 3.05) is 17.6 Å². The average molecular weight is 831 g/mol. The van der Waals surface area contributed by atoms with Crippen molar-refractivity contribution in [3.8, 4) is 11.1 Å². The van der Waals surface area contributed by atoms with Crippen LogP contribution in [-0.2, 0) is 45.3 Å². The van der Waals surface area contributed by atoms with Crippen molar-refractivity contribution >= 4 is 23.2 Å². The number of carbonyl (C=O) groups excluding carboxylic acids is 2. The van der Waals surface area contributed by atoms with Gasteiger partial charge in [0.25, 0.3) is 0 Å². The Hall–Kier alpha value is -6.10. The smallest absolute Gasteiger partial charge is 0.224 e. The minimum Gasteiger partial charge on any atom is -0.397 e. The van der Waals surface area contributed by atoms with Crippen LogP contribution < -0.4 is 16.4 Å². The lowest BCUT2D eigenvalue weighted by molar-refractivity contribution is -0.253. The van der Waals surface area contributed by atoms with Crippen molar-refractivity contribution in [1.82, 2.24) is 10.2 Å². The summed E-state index contributed by atoms with van der Waals surface area (Å²) in [6, 6.07) is 53.0. The largest absolute Gasteiger partial charge is 0.397 e. The average Bonchev–Trinajstić information content (AvgIpc) is 3.31. The predicted octanol–water partition coefficient (Wildman–Crippen LogP) is 10.3. The summed E-state index contributed by atoms with van der Waals surface area (Å²) in [4.78, 5) is 27.5. The first kappa shape index (κ1) is 44.0. The molecular formula is C53H58N4O5. The maximum absolute atomic E-state index is 12.8. The lowest BCUT2D eigenvalue weighted by atomic mass is 9.98. The van der Waals surface area contributed by atoms with Crippen LogP contribution in [0.4, 0.5) is 11.4 Å². The fourth-order valence-electron chi connectivity index (χ4n) is 7.95. The van der Waals surface area contributed by atoms with Crippen LogP contribution in [-0.4, -0.2) is 34.5 Å². The number of nitrogens with one attached hydrogen (secondary N) is 2. The summed E-state index contributed by atoms with van der Waals surface area (Å²) in [5.41, 5.74) is 15.5. The van der Waals surface area contributed by atoms with Crippen molar-refractivity contribution in [3.05, 3.63) is 191 Å². The van der Waals surface area contributed by atoms with E-state index in [0.717, 1.165) is 72.2 Å². The number of rotatable bonds is 20. The third kappa shape index (κ3) is 13.2. The Labute approximate surface area is 365 Å². The molecule has 0 bridgehead atoms. The van der Waals surface area contributed by atoms with E-state index in [2.05, 4.69) is 119 Å². The Bertz CT molecular complexity index is 2280. The van der Waals surface area contributed by atoms with Gasteiger partial charge in [-0.3, -0.25) is 14.5 Å². The van der Waals surface area contributed by atoms with Crippen molar-refractivity contribution in [2.45, 2.75) is 89.7 Å². The van der Waals surface area contributed by atoms with Crippen LogP contribution in [0.5, 0.6) is 0 Å². The highest BCUT2D eigenvalue weighted by atomic mass is 16.7. The number of hydrogen-bond acceptors (Lipinski definition) is 7. The highest BCUT2D eigenvalue weighted by molar-refractivity contribution is 5.93. The minimum atomic E-state index is -0.597. The van der Waals surface area contributed by atoms with Crippen LogP contribution in [0.3, 0.4) is 0 Å². The first-order valence-corrected chi connectivity index (χ1v) is 21.8. The maximum Gasteiger partial charge on any atom is 0.224 e. The highest BCUT2D eigenvalue weighted by Gasteiger charge is 2.33. The van der Waals surface area contributed by atoms with E-state index in [1.54, 1.807) is 12.1 Å². The molecule has 0 radical (unpaired) electrons. The molecule has 9 nitrogen and oxygen atoms in total. The highest BCUT2D eigenvalue weighted by Crippen LogP contribution is 2.39. The summed E-state index contributed by atoms with van der Waals surface area (Å²) in [5, 5.41) is 15.7. The zero-order chi connectivity index (χ0) is 42.9. The lowest BCUT2D eigenvalue weighted by Crippen LogP contribution is -2.39. The summed E-state index contributed by atoms with van der Waals surface area (Å²) in [6.45, 7) is 2.72. The van der Waals surface area contributed by atoms with E-state index in [0.29, 0.717) is 43.7 Å². The van der Waals surface area contributed by atoms with E-state index >= 15 is 0 Å². The van der Waals surface area contributed by atoms with E-state index in [-0.39, 0.29) is 30.6 Å².